The van der Waals surface area contributed by atoms with Crippen molar-refractivity contribution in [1.82, 2.24) is 20.4 Å². The lowest BCUT2D eigenvalue weighted by atomic mass is 10.1. The van der Waals surface area contributed by atoms with E-state index in [0.717, 1.165) is 16.8 Å². The van der Waals surface area contributed by atoms with Crippen LogP contribution in [0.5, 0.6) is 0 Å². The van der Waals surface area contributed by atoms with Crippen molar-refractivity contribution in [1.29, 1.82) is 0 Å². The van der Waals surface area contributed by atoms with Crippen molar-refractivity contribution in [2.24, 2.45) is 0 Å². The molecule has 1 atom stereocenters. The van der Waals surface area contributed by atoms with Crippen molar-refractivity contribution in [2.45, 2.75) is 32.5 Å². The van der Waals surface area contributed by atoms with E-state index in [2.05, 4.69) is 15.7 Å². The average Bonchev–Trinajstić information content (AvgIpc) is 3.27. The van der Waals surface area contributed by atoms with Crippen molar-refractivity contribution >= 4 is 11.8 Å². The van der Waals surface area contributed by atoms with Gasteiger partial charge in [0.05, 0.1) is 30.0 Å². The van der Waals surface area contributed by atoms with Gasteiger partial charge in [-0.2, -0.15) is 5.10 Å². The molecule has 0 saturated carbocycles. The standard InChI is InChI=1S/C22H22N4O2/c1-15-6-5-9-17(10-15)21(27)25-18-11-20-19(13-24-26(20)14-18)22(28)23-12-16-7-3-2-4-8-16/h2-10,13,18H,11-12,14H2,1H3,(H,23,28)(H,25,27)/t18-/m0/s1. The smallest absolute Gasteiger partial charge is 0.255 e. The third-order valence-corrected chi connectivity index (χ3v) is 4.94. The molecule has 142 valence electrons. The van der Waals surface area contributed by atoms with Crippen LogP contribution in [0.3, 0.4) is 0 Å². The molecule has 28 heavy (non-hydrogen) atoms. The highest BCUT2D eigenvalue weighted by Crippen LogP contribution is 2.19. The first-order valence-corrected chi connectivity index (χ1v) is 9.34. The van der Waals surface area contributed by atoms with Crippen LogP contribution in [-0.2, 0) is 19.5 Å². The van der Waals surface area contributed by atoms with Gasteiger partial charge < -0.3 is 10.6 Å². The summed E-state index contributed by atoms with van der Waals surface area (Å²) >= 11 is 0. The van der Waals surface area contributed by atoms with Gasteiger partial charge in [-0.3, -0.25) is 14.3 Å². The Morgan fingerprint density at radius 2 is 1.93 bits per heavy atom. The molecule has 2 heterocycles. The van der Waals surface area contributed by atoms with Crippen LogP contribution in [0.4, 0.5) is 0 Å². The zero-order valence-electron chi connectivity index (χ0n) is 15.7. The predicted molar refractivity (Wildman–Crippen MR) is 106 cm³/mol. The summed E-state index contributed by atoms with van der Waals surface area (Å²) in [6.45, 7) is 3.00. The first kappa shape index (κ1) is 18.0. The molecule has 0 saturated heterocycles. The van der Waals surface area contributed by atoms with Crippen molar-refractivity contribution in [2.75, 3.05) is 0 Å². The normalized spacial score (nSPS) is 15.1. The Balaban J connectivity index is 1.38. The highest BCUT2D eigenvalue weighted by atomic mass is 16.2. The number of hydrogen-bond donors (Lipinski definition) is 2. The number of fused-ring (bicyclic) bond motifs is 1. The second-order valence-corrected chi connectivity index (χ2v) is 7.10. The summed E-state index contributed by atoms with van der Waals surface area (Å²) in [5.41, 5.74) is 4.17. The minimum Gasteiger partial charge on any atom is -0.348 e. The molecule has 6 nitrogen and oxygen atoms in total. The summed E-state index contributed by atoms with van der Waals surface area (Å²) in [4.78, 5) is 25.1. The van der Waals surface area contributed by atoms with Crippen LogP contribution in [-0.4, -0.2) is 27.6 Å². The molecule has 0 unspecified atom stereocenters. The van der Waals surface area contributed by atoms with Crippen molar-refractivity contribution < 1.29 is 9.59 Å². The zero-order chi connectivity index (χ0) is 19.5. The molecule has 1 aliphatic heterocycles. The van der Waals surface area contributed by atoms with E-state index < -0.39 is 0 Å². The van der Waals surface area contributed by atoms with Crippen LogP contribution in [0.2, 0.25) is 0 Å². The predicted octanol–water partition coefficient (Wildman–Crippen LogP) is 2.48. The highest BCUT2D eigenvalue weighted by molar-refractivity contribution is 5.96. The molecule has 1 aromatic heterocycles. The van der Waals surface area contributed by atoms with E-state index in [-0.39, 0.29) is 17.9 Å². The summed E-state index contributed by atoms with van der Waals surface area (Å²) in [5.74, 6) is -0.245. The summed E-state index contributed by atoms with van der Waals surface area (Å²) in [6, 6.07) is 17.2. The molecule has 2 N–H and O–H groups in total. The maximum atomic E-state index is 12.6. The number of carbonyl (C=O) groups is 2. The van der Waals surface area contributed by atoms with Gasteiger partial charge in [-0.15, -0.1) is 0 Å². The monoisotopic (exact) mass is 374 g/mol. The second-order valence-electron chi connectivity index (χ2n) is 7.10. The Morgan fingerprint density at radius 1 is 1.11 bits per heavy atom. The van der Waals surface area contributed by atoms with Crippen molar-refractivity contribution in [3.63, 3.8) is 0 Å². The summed E-state index contributed by atoms with van der Waals surface area (Å²) in [5, 5.41) is 10.3. The van der Waals surface area contributed by atoms with Gasteiger partial charge in [-0.05, 0) is 24.6 Å². The van der Waals surface area contributed by atoms with Crippen LogP contribution in [0.1, 0.15) is 37.5 Å². The molecule has 3 aromatic rings. The molecule has 0 fully saturated rings. The second kappa shape index (κ2) is 7.68. The van der Waals surface area contributed by atoms with Gasteiger partial charge in [0.15, 0.2) is 0 Å². The number of hydrogen-bond acceptors (Lipinski definition) is 3. The highest BCUT2D eigenvalue weighted by Gasteiger charge is 2.28. The number of benzene rings is 2. The number of carbonyl (C=O) groups excluding carboxylic acids is 2. The Morgan fingerprint density at radius 3 is 2.71 bits per heavy atom. The van der Waals surface area contributed by atoms with E-state index in [1.165, 1.54) is 0 Å². The average molecular weight is 374 g/mol. The summed E-state index contributed by atoms with van der Waals surface area (Å²) in [6.07, 6.45) is 2.19. The van der Waals surface area contributed by atoms with E-state index in [9.17, 15) is 9.59 Å². The topological polar surface area (TPSA) is 76.0 Å². The molecule has 1 aliphatic rings. The van der Waals surface area contributed by atoms with E-state index in [4.69, 9.17) is 0 Å². The zero-order valence-corrected chi connectivity index (χ0v) is 15.7. The lowest BCUT2D eigenvalue weighted by Crippen LogP contribution is -2.36. The SMILES string of the molecule is Cc1cccc(C(=O)N[C@H]2Cc3c(C(=O)NCc4ccccc4)cnn3C2)c1. The molecule has 0 spiro atoms. The number of nitrogens with zero attached hydrogens (tertiary/aromatic N) is 2. The van der Waals surface area contributed by atoms with Gasteiger partial charge >= 0.3 is 0 Å². The van der Waals surface area contributed by atoms with E-state index in [0.29, 0.717) is 30.6 Å². The number of nitrogens with one attached hydrogen (secondary N) is 2. The molecule has 0 aliphatic carbocycles. The Bertz CT molecular complexity index is 1010. The summed E-state index contributed by atoms with van der Waals surface area (Å²) < 4.78 is 1.80. The van der Waals surface area contributed by atoms with Crippen LogP contribution < -0.4 is 10.6 Å². The molecule has 0 radical (unpaired) electrons. The number of aryl methyl sites for hydroxylation is 1. The lowest BCUT2D eigenvalue weighted by Gasteiger charge is -2.12. The summed E-state index contributed by atoms with van der Waals surface area (Å²) in [7, 11) is 0. The maximum absolute atomic E-state index is 12.6. The first-order valence-electron chi connectivity index (χ1n) is 9.34. The molecule has 0 bridgehead atoms. The maximum Gasteiger partial charge on any atom is 0.255 e. The fourth-order valence-corrected chi connectivity index (χ4v) is 3.50. The van der Waals surface area contributed by atoms with Crippen LogP contribution >= 0.6 is 0 Å². The van der Waals surface area contributed by atoms with E-state index in [1.807, 2.05) is 55.5 Å². The number of rotatable bonds is 5. The van der Waals surface area contributed by atoms with Gasteiger partial charge in [0.2, 0.25) is 0 Å². The quantitative estimate of drug-likeness (QED) is 0.720. The van der Waals surface area contributed by atoms with E-state index in [1.54, 1.807) is 16.9 Å². The van der Waals surface area contributed by atoms with Gasteiger partial charge in [0.1, 0.15) is 0 Å². The lowest BCUT2D eigenvalue weighted by molar-refractivity contribution is 0.0934. The largest absolute Gasteiger partial charge is 0.348 e. The van der Waals surface area contributed by atoms with Crippen LogP contribution in [0.15, 0.2) is 60.8 Å². The molecular formula is C22H22N4O2. The Hall–Kier alpha value is -3.41. The fourth-order valence-electron chi connectivity index (χ4n) is 3.50. The molecular weight excluding hydrogens is 352 g/mol. The Kier molecular flexibility index (Phi) is 4.93. The Labute approximate surface area is 163 Å². The van der Waals surface area contributed by atoms with Crippen LogP contribution in [0.25, 0.3) is 0 Å². The van der Waals surface area contributed by atoms with Crippen molar-refractivity contribution in [3.05, 3.63) is 88.7 Å². The number of aromatic nitrogens is 2. The molecule has 2 aromatic carbocycles. The van der Waals surface area contributed by atoms with Gasteiger partial charge in [-0.1, -0.05) is 48.0 Å². The third-order valence-electron chi connectivity index (χ3n) is 4.94. The van der Waals surface area contributed by atoms with Gasteiger partial charge in [0.25, 0.3) is 11.8 Å². The fraction of sp³-hybridized carbons (Fsp3) is 0.227. The number of amides is 2. The van der Waals surface area contributed by atoms with Crippen LogP contribution in [0, 0.1) is 6.92 Å². The molecule has 6 heteroatoms. The first-order chi connectivity index (χ1) is 13.6. The minimum absolute atomic E-state index is 0.0719. The molecule has 4 rings (SSSR count). The van der Waals surface area contributed by atoms with E-state index >= 15 is 0 Å². The minimum atomic E-state index is -0.143. The van der Waals surface area contributed by atoms with Gasteiger partial charge in [0, 0.05) is 18.5 Å². The third kappa shape index (κ3) is 3.81. The molecule has 2 amide bonds. The van der Waals surface area contributed by atoms with Gasteiger partial charge in [-0.25, -0.2) is 0 Å². The van der Waals surface area contributed by atoms with Crippen molar-refractivity contribution in [3.8, 4) is 0 Å².